The lowest BCUT2D eigenvalue weighted by molar-refractivity contribution is -0.137. The van der Waals surface area contributed by atoms with E-state index in [-0.39, 0.29) is 52.8 Å². The largest absolute Gasteiger partial charge is 0.417 e. The Labute approximate surface area is 221 Å². The number of amides is 2. The van der Waals surface area contributed by atoms with Crippen LogP contribution in [-0.2, 0) is 32.3 Å². The second-order valence-electron chi connectivity index (χ2n) is 8.51. The van der Waals surface area contributed by atoms with Crippen LogP contribution in [-0.4, -0.2) is 31.8 Å². The zero-order valence-electron chi connectivity index (χ0n) is 19.7. The van der Waals surface area contributed by atoms with Crippen molar-refractivity contribution in [3.63, 3.8) is 0 Å². The van der Waals surface area contributed by atoms with Gasteiger partial charge in [-0.05, 0) is 37.5 Å². The number of nitrogens with one attached hydrogen (secondary N) is 4. The minimum Gasteiger partial charge on any atom is -0.369 e. The molecule has 4 N–H and O–H groups in total. The van der Waals surface area contributed by atoms with Crippen molar-refractivity contribution in [1.82, 2.24) is 20.6 Å². The summed E-state index contributed by atoms with van der Waals surface area (Å²) in [6.07, 6.45) is 1.21. The number of sulfonamides is 1. The number of halogens is 4. The molecule has 0 spiro atoms. The van der Waals surface area contributed by atoms with E-state index in [1.54, 1.807) is 6.07 Å². The highest BCUT2D eigenvalue weighted by molar-refractivity contribution is 7.91. The molecule has 0 radical (unpaired) electrons. The summed E-state index contributed by atoms with van der Waals surface area (Å²) in [7, 11) is -4.00. The Bertz CT molecular complexity index is 1200. The first-order valence-electron chi connectivity index (χ1n) is 11.6. The van der Waals surface area contributed by atoms with Crippen LogP contribution < -0.4 is 20.9 Å². The molecule has 0 aromatic carbocycles. The van der Waals surface area contributed by atoms with Crippen molar-refractivity contribution in [2.24, 2.45) is 5.92 Å². The van der Waals surface area contributed by atoms with E-state index in [0.717, 1.165) is 49.5 Å². The number of aromatic nitrogens is 1. The topological polar surface area (TPSA) is 129 Å². The molecule has 0 saturated heterocycles. The first-order chi connectivity index (χ1) is 17.5. The molecule has 0 aliphatic heterocycles. The third-order valence-corrected chi connectivity index (χ3v) is 8.79. The highest BCUT2D eigenvalue weighted by atomic mass is 35.5. The van der Waals surface area contributed by atoms with Crippen LogP contribution in [0.15, 0.2) is 28.6 Å². The summed E-state index contributed by atoms with van der Waals surface area (Å²) in [5.41, 5.74) is 1.15. The van der Waals surface area contributed by atoms with E-state index in [1.165, 1.54) is 6.07 Å². The van der Waals surface area contributed by atoms with E-state index in [1.807, 2.05) is 4.83 Å². The molecule has 1 aliphatic rings. The maximum atomic E-state index is 12.7. The fraction of sp³-hybridized carbons (Fsp3) is 0.500. The van der Waals surface area contributed by atoms with Crippen LogP contribution in [0.25, 0.3) is 0 Å². The molecule has 0 atom stereocenters. The van der Waals surface area contributed by atoms with Crippen LogP contribution in [0.3, 0.4) is 0 Å². The van der Waals surface area contributed by atoms with Crippen molar-refractivity contribution in [3.05, 3.63) is 39.9 Å². The maximum absolute atomic E-state index is 12.7. The summed E-state index contributed by atoms with van der Waals surface area (Å²) in [6.45, 7) is 0.395. The fourth-order valence-corrected chi connectivity index (χ4v) is 6.09. The summed E-state index contributed by atoms with van der Waals surface area (Å²) in [4.78, 5) is 30.6. The summed E-state index contributed by atoms with van der Waals surface area (Å²) in [5, 5.41) is 5.37. The lowest BCUT2D eigenvalue weighted by atomic mass is 9.89. The third kappa shape index (κ3) is 8.83. The molecule has 2 amide bonds. The van der Waals surface area contributed by atoms with E-state index in [2.05, 4.69) is 21.0 Å². The van der Waals surface area contributed by atoms with Crippen molar-refractivity contribution in [1.29, 1.82) is 0 Å². The number of anilines is 1. The van der Waals surface area contributed by atoms with Gasteiger partial charge in [0.25, 0.3) is 10.0 Å². The molecule has 3 rings (SSSR count). The van der Waals surface area contributed by atoms with E-state index in [0.29, 0.717) is 11.1 Å². The maximum Gasteiger partial charge on any atom is 0.417 e. The molecule has 2 aromatic heterocycles. The van der Waals surface area contributed by atoms with Crippen molar-refractivity contribution >= 4 is 50.6 Å². The van der Waals surface area contributed by atoms with Gasteiger partial charge in [0.2, 0.25) is 11.8 Å². The molecular weight excluding hydrogens is 555 g/mol. The number of rotatable bonds is 11. The van der Waals surface area contributed by atoms with Gasteiger partial charge in [0, 0.05) is 30.0 Å². The Balaban J connectivity index is 1.38. The van der Waals surface area contributed by atoms with E-state index < -0.39 is 27.7 Å². The van der Waals surface area contributed by atoms with Gasteiger partial charge in [0.15, 0.2) is 0 Å². The summed E-state index contributed by atoms with van der Waals surface area (Å²) < 4.78 is 62.9. The fourth-order valence-electron chi connectivity index (χ4n) is 3.70. The van der Waals surface area contributed by atoms with Gasteiger partial charge < -0.3 is 10.6 Å². The van der Waals surface area contributed by atoms with E-state index >= 15 is 0 Å². The number of thiophene rings is 1. The predicted molar refractivity (Wildman–Crippen MR) is 133 cm³/mol. The molecule has 0 unspecified atom stereocenters. The highest BCUT2D eigenvalue weighted by Crippen LogP contribution is 2.32. The van der Waals surface area contributed by atoms with Crippen LogP contribution in [0.2, 0.25) is 5.02 Å². The van der Waals surface area contributed by atoms with Crippen LogP contribution in [0.4, 0.5) is 19.0 Å². The summed E-state index contributed by atoms with van der Waals surface area (Å²) in [6, 6.07) is 3.75. The quantitative estimate of drug-likeness (QED) is 0.232. The molecule has 204 valence electrons. The van der Waals surface area contributed by atoms with Gasteiger partial charge in [0.1, 0.15) is 10.0 Å². The van der Waals surface area contributed by atoms with Crippen molar-refractivity contribution < 1.29 is 31.2 Å². The molecule has 2 heterocycles. The lowest BCUT2D eigenvalue weighted by Gasteiger charge is -2.20. The number of hydrazine groups is 1. The van der Waals surface area contributed by atoms with Crippen LogP contribution >= 0.6 is 22.9 Å². The Hall–Kier alpha value is -2.42. The first-order valence-corrected chi connectivity index (χ1v) is 14.3. The summed E-state index contributed by atoms with van der Waals surface area (Å²) >= 11 is 6.79. The molecule has 0 bridgehead atoms. The smallest absolute Gasteiger partial charge is 0.369 e. The highest BCUT2D eigenvalue weighted by Gasteiger charge is 2.31. The number of hydrogen-bond donors (Lipinski definition) is 4. The molecular formula is C22H27ClF3N5O4S2. The van der Waals surface area contributed by atoms with Gasteiger partial charge in [-0.25, -0.2) is 13.4 Å². The molecule has 15 heteroatoms. The summed E-state index contributed by atoms with van der Waals surface area (Å²) in [5.74, 6) is -0.575. The Morgan fingerprint density at radius 1 is 1.16 bits per heavy atom. The van der Waals surface area contributed by atoms with Gasteiger partial charge in [0.05, 0.1) is 17.1 Å². The molecule has 9 nitrogen and oxygen atoms in total. The standard InChI is InChI=1S/C22H27ClF3N5O4S2/c23-17-11-15(22(24,25)26)12-28-20(17)27-10-4-7-18(32)30-31-37(34,35)19-9-8-16(36-19)13-29-21(33)14-5-2-1-3-6-14/h8-9,11-12,14,31H,1-7,10,13H2,(H,27,28)(H,29,33)(H,30,32). The monoisotopic (exact) mass is 581 g/mol. The van der Waals surface area contributed by atoms with Crippen LogP contribution in [0, 0.1) is 5.92 Å². The Kier molecular flexibility index (Phi) is 10.2. The average Bonchev–Trinajstić information content (AvgIpc) is 3.35. The minimum atomic E-state index is -4.56. The normalized spacial score (nSPS) is 14.8. The van der Waals surface area contributed by atoms with Crippen molar-refractivity contribution in [3.8, 4) is 0 Å². The second-order valence-corrected chi connectivity index (χ2v) is 12.0. The molecule has 1 fully saturated rings. The third-order valence-electron chi connectivity index (χ3n) is 5.68. The number of pyridine rings is 1. The van der Waals surface area contributed by atoms with E-state index in [4.69, 9.17) is 11.6 Å². The lowest BCUT2D eigenvalue weighted by Crippen LogP contribution is -2.41. The molecule has 1 saturated carbocycles. The average molecular weight is 582 g/mol. The van der Waals surface area contributed by atoms with Crippen molar-refractivity contribution in [2.75, 3.05) is 11.9 Å². The van der Waals surface area contributed by atoms with Gasteiger partial charge in [-0.3, -0.25) is 15.0 Å². The number of hydrogen-bond acceptors (Lipinski definition) is 7. The van der Waals surface area contributed by atoms with Crippen LogP contribution in [0.5, 0.6) is 0 Å². The van der Waals surface area contributed by atoms with Gasteiger partial charge in [-0.1, -0.05) is 30.9 Å². The van der Waals surface area contributed by atoms with E-state index in [9.17, 15) is 31.2 Å². The van der Waals surface area contributed by atoms with Gasteiger partial charge in [-0.2, -0.15) is 13.2 Å². The Morgan fingerprint density at radius 2 is 1.89 bits per heavy atom. The number of carbonyl (C=O) groups excluding carboxylic acids is 2. The predicted octanol–water partition coefficient (Wildman–Crippen LogP) is 4.21. The SMILES string of the molecule is O=C(CCCNc1ncc(C(F)(F)F)cc1Cl)NNS(=O)(=O)c1ccc(CNC(=O)C2CCCCC2)s1. The molecule has 1 aliphatic carbocycles. The van der Waals surface area contributed by atoms with Crippen LogP contribution in [0.1, 0.15) is 55.4 Å². The molecule has 2 aromatic rings. The van der Waals surface area contributed by atoms with Gasteiger partial charge in [-0.15, -0.1) is 16.2 Å². The second kappa shape index (κ2) is 12.9. The van der Waals surface area contributed by atoms with Crippen molar-refractivity contribution in [2.45, 2.75) is 61.9 Å². The zero-order chi connectivity index (χ0) is 27.1. The van der Waals surface area contributed by atoms with Gasteiger partial charge >= 0.3 is 6.18 Å². The minimum absolute atomic E-state index is 0.00665. The Morgan fingerprint density at radius 3 is 2.57 bits per heavy atom. The number of nitrogens with zero attached hydrogens (tertiary/aromatic N) is 1. The number of alkyl halides is 3. The molecule has 37 heavy (non-hydrogen) atoms. The zero-order valence-corrected chi connectivity index (χ0v) is 22.0. The first kappa shape index (κ1) is 29.1. The number of carbonyl (C=O) groups is 2.